The molecular weight excluding hydrogens is 346 g/mol. The molecule has 1 aromatic rings. The number of ether oxygens (including phenoxy) is 3. The highest BCUT2D eigenvalue weighted by Gasteiger charge is 2.33. The average Bonchev–Trinajstić information content (AvgIpc) is 2.59. The van der Waals surface area contributed by atoms with E-state index in [0.717, 1.165) is 37.9 Å². The lowest BCUT2D eigenvalue weighted by molar-refractivity contribution is -0.179. The molecule has 0 aliphatic carbocycles. The van der Waals surface area contributed by atoms with Gasteiger partial charge in [-0.1, -0.05) is 19.3 Å². The highest BCUT2D eigenvalue weighted by molar-refractivity contribution is 5.78. The number of carbonyl (C=O) groups is 1. The van der Waals surface area contributed by atoms with Crippen LogP contribution in [-0.2, 0) is 20.9 Å². The Morgan fingerprint density at radius 2 is 1.63 bits per heavy atom. The van der Waals surface area contributed by atoms with Crippen LogP contribution in [0.2, 0.25) is 0 Å². The summed E-state index contributed by atoms with van der Waals surface area (Å²) in [5.41, 5.74) is -0.781. The van der Waals surface area contributed by atoms with Gasteiger partial charge in [0.1, 0.15) is 11.4 Å². The third-order valence-electron chi connectivity index (χ3n) is 3.87. The van der Waals surface area contributed by atoms with Gasteiger partial charge >= 0.3 is 5.97 Å². The molecule has 1 heterocycles. The zero-order valence-corrected chi connectivity index (χ0v) is 17.4. The number of rotatable bonds is 12. The van der Waals surface area contributed by atoms with Crippen molar-refractivity contribution in [3.05, 3.63) is 24.0 Å². The van der Waals surface area contributed by atoms with Gasteiger partial charge in [0.15, 0.2) is 5.60 Å². The van der Waals surface area contributed by atoms with E-state index in [1.54, 1.807) is 26.1 Å². The van der Waals surface area contributed by atoms with Crippen molar-refractivity contribution in [1.29, 1.82) is 0 Å². The first-order chi connectivity index (χ1) is 12.6. The van der Waals surface area contributed by atoms with Crippen LogP contribution in [0.15, 0.2) is 18.3 Å². The Morgan fingerprint density at radius 3 is 2.19 bits per heavy atom. The maximum atomic E-state index is 12.1. The molecule has 0 amide bonds. The summed E-state index contributed by atoms with van der Waals surface area (Å²) in [5.74, 6) is 0.402. The fourth-order valence-corrected chi connectivity index (χ4v) is 2.30. The number of carbonyl (C=O) groups excluding carboxylic acids is 1. The number of aliphatic hydroxyl groups excluding tert-OH is 1. The van der Waals surface area contributed by atoms with E-state index in [1.165, 1.54) is 0 Å². The molecular formula is C21H35NO5. The van der Waals surface area contributed by atoms with E-state index < -0.39 is 11.2 Å². The van der Waals surface area contributed by atoms with Gasteiger partial charge < -0.3 is 19.3 Å². The van der Waals surface area contributed by atoms with Crippen LogP contribution in [0.1, 0.15) is 72.4 Å². The van der Waals surface area contributed by atoms with Gasteiger partial charge in [0, 0.05) is 6.61 Å². The van der Waals surface area contributed by atoms with Crippen LogP contribution in [-0.4, -0.2) is 40.5 Å². The van der Waals surface area contributed by atoms with Gasteiger partial charge in [-0.25, -0.2) is 4.79 Å². The molecule has 0 bridgehead atoms. The molecule has 0 saturated carbocycles. The van der Waals surface area contributed by atoms with Crippen molar-refractivity contribution in [2.45, 2.75) is 84.5 Å². The van der Waals surface area contributed by atoms with Crippen molar-refractivity contribution in [2.24, 2.45) is 0 Å². The number of nitrogens with zero attached hydrogens (tertiary/aromatic N) is 1. The largest absolute Gasteiger partial charge is 0.492 e. The van der Waals surface area contributed by atoms with Gasteiger partial charge in [0.05, 0.1) is 25.1 Å². The number of aromatic nitrogens is 1. The van der Waals surface area contributed by atoms with Crippen LogP contribution in [0.4, 0.5) is 0 Å². The Hall–Kier alpha value is -1.66. The third-order valence-corrected chi connectivity index (χ3v) is 3.87. The van der Waals surface area contributed by atoms with Gasteiger partial charge in [0.2, 0.25) is 0 Å². The molecule has 0 unspecified atom stereocenters. The lowest BCUT2D eigenvalue weighted by Crippen LogP contribution is -2.41. The normalized spacial score (nSPS) is 12.1. The van der Waals surface area contributed by atoms with E-state index >= 15 is 0 Å². The van der Waals surface area contributed by atoms with Crippen molar-refractivity contribution >= 4 is 5.97 Å². The first kappa shape index (κ1) is 23.4. The van der Waals surface area contributed by atoms with Gasteiger partial charge in [-0.05, 0) is 59.6 Å². The van der Waals surface area contributed by atoms with E-state index in [2.05, 4.69) is 4.98 Å². The zero-order valence-electron chi connectivity index (χ0n) is 17.4. The Morgan fingerprint density at radius 1 is 1.00 bits per heavy atom. The van der Waals surface area contributed by atoms with Gasteiger partial charge in [-0.3, -0.25) is 4.98 Å². The summed E-state index contributed by atoms with van der Waals surface area (Å²) in [5, 5.41) is 8.94. The van der Waals surface area contributed by atoms with Gasteiger partial charge in [-0.2, -0.15) is 0 Å². The summed E-state index contributed by atoms with van der Waals surface area (Å²) in [6.45, 7) is 10.2. The molecule has 1 rings (SSSR count). The maximum Gasteiger partial charge on any atom is 0.338 e. The Bertz CT molecular complexity index is 549. The summed E-state index contributed by atoms with van der Waals surface area (Å²) < 4.78 is 16.7. The lowest BCUT2D eigenvalue weighted by atomic mass is 10.1. The number of hydrogen-bond acceptors (Lipinski definition) is 6. The van der Waals surface area contributed by atoms with Crippen LogP contribution in [0.3, 0.4) is 0 Å². The molecule has 0 atom stereocenters. The first-order valence-corrected chi connectivity index (χ1v) is 9.70. The first-order valence-electron chi connectivity index (χ1n) is 9.70. The molecule has 0 spiro atoms. The Labute approximate surface area is 163 Å². The van der Waals surface area contributed by atoms with E-state index in [9.17, 15) is 4.79 Å². The number of aliphatic hydroxyl groups is 1. The van der Waals surface area contributed by atoms with Gasteiger partial charge in [-0.15, -0.1) is 0 Å². The highest BCUT2D eigenvalue weighted by atomic mass is 16.6. The summed E-state index contributed by atoms with van der Waals surface area (Å²) >= 11 is 0. The Kier molecular flexibility index (Phi) is 9.74. The van der Waals surface area contributed by atoms with Crippen molar-refractivity contribution in [2.75, 3.05) is 13.2 Å². The second kappa shape index (κ2) is 11.2. The minimum Gasteiger partial charge on any atom is -0.492 e. The second-order valence-corrected chi connectivity index (χ2v) is 8.12. The van der Waals surface area contributed by atoms with Crippen LogP contribution in [0.25, 0.3) is 0 Å². The molecule has 1 N–H and O–H groups in total. The number of hydrogen-bond donors (Lipinski definition) is 1. The molecule has 154 valence electrons. The molecule has 0 saturated heterocycles. The molecule has 1 aromatic heterocycles. The van der Waals surface area contributed by atoms with E-state index in [-0.39, 0.29) is 12.6 Å². The van der Waals surface area contributed by atoms with E-state index in [4.69, 9.17) is 19.3 Å². The summed E-state index contributed by atoms with van der Waals surface area (Å²) in [4.78, 5) is 16.2. The lowest BCUT2D eigenvalue weighted by Gasteiger charge is -2.28. The molecule has 27 heavy (non-hydrogen) atoms. The van der Waals surface area contributed by atoms with Crippen LogP contribution in [0.5, 0.6) is 5.75 Å². The molecule has 0 fully saturated rings. The van der Waals surface area contributed by atoms with E-state index in [1.807, 2.05) is 26.8 Å². The predicted molar refractivity (Wildman–Crippen MR) is 105 cm³/mol. The number of pyridine rings is 1. The fraction of sp³-hybridized carbons (Fsp3) is 0.714. The highest BCUT2D eigenvalue weighted by Crippen LogP contribution is 2.18. The van der Waals surface area contributed by atoms with Crippen molar-refractivity contribution in [1.82, 2.24) is 4.98 Å². The zero-order chi connectivity index (χ0) is 20.3. The second-order valence-electron chi connectivity index (χ2n) is 8.12. The monoisotopic (exact) mass is 381 g/mol. The third kappa shape index (κ3) is 10.3. The Balaban J connectivity index is 2.05. The summed E-state index contributed by atoms with van der Waals surface area (Å²) in [6, 6.07) is 3.58. The minimum absolute atomic E-state index is 0.0566. The van der Waals surface area contributed by atoms with Gasteiger partial charge in [0.25, 0.3) is 0 Å². The standard InChI is InChI=1S/C21H35NO5/c1-20(2,3)27-19(24)21(4,5)26-14-10-8-6-7-9-13-25-18-12-11-17(16-23)22-15-18/h11-12,15,23H,6-10,13-14,16H2,1-5H3. The van der Waals surface area contributed by atoms with E-state index in [0.29, 0.717) is 18.9 Å². The van der Waals surface area contributed by atoms with Crippen LogP contribution < -0.4 is 4.74 Å². The average molecular weight is 382 g/mol. The molecule has 0 radical (unpaired) electrons. The predicted octanol–water partition coefficient (Wildman–Crippen LogP) is 4.04. The van der Waals surface area contributed by atoms with Crippen LogP contribution >= 0.6 is 0 Å². The molecule has 0 aromatic carbocycles. The summed E-state index contributed by atoms with van der Waals surface area (Å²) in [6.07, 6.45) is 6.76. The topological polar surface area (TPSA) is 77.9 Å². The molecule has 6 nitrogen and oxygen atoms in total. The van der Waals surface area contributed by atoms with Crippen LogP contribution in [0, 0.1) is 0 Å². The number of unbranched alkanes of at least 4 members (excludes halogenated alkanes) is 4. The SMILES string of the molecule is CC(C)(C)OC(=O)C(C)(C)OCCCCCCCOc1ccc(CO)nc1. The number of esters is 1. The smallest absolute Gasteiger partial charge is 0.338 e. The minimum atomic E-state index is -0.916. The maximum absolute atomic E-state index is 12.1. The molecule has 0 aliphatic heterocycles. The summed E-state index contributed by atoms with van der Waals surface area (Å²) in [7, 11) is 0. The van der Waals surface area contributed by atoms with Crippen molar-refractivity contribution in [3.8, 4) is 5.75 Å². The molecule has 6 heteroatoms. The quantitative estimate of drug-likeness (QED) is 0.435. The van der Waals surface area contributed by atoms with Crippen molar-refractivity contribution < 1.29 is 24.1 Å². The molecule has 0 aliphatic rings. The fourth-order valence-electron chi connectivity index (χ4n) is 2.30. The van der Waals surface area contributed by atoms with Crippen molar-refractivity contribution in [3.63, 3.8) is 0 Å².